The first-order valence-corrected chi connectivity index (χ1v) is 13.2. The third-order valence-electron chi connectivity index (χ3n) is 11.6. The van der Waals surface area contributed by atoms with Gasteiger partial charge in [-0.3, -0.25) is 14.5 Å². The number of nitrogens with zero attached hydrogens (tertiary/aromatic N) is 1. The highest BCUT2D eigenvalue weighted by molar-refractivity contribution is 6.01. The number of ketones is 2. The molecule has 6 rings (SSSR count). The summed E-state index contributed by atoms with van der Waals surface area (Å²) in [6, 6.07) is 3.76. The van der Waals surface area contributed by atoms with Gasteiger partial charge in [-0.2, -0.15) is 0 Å². The number of aliphatic hydroxyl groups excluding tert-OH is 2. The number of carbonyl (C=O) groups is 2. The molecule has 1 aromatic heterocycles. The number of rotatable bonds is 4. The Bertz CT molecular complexity index is 1180. The molecule has 0 aromatic carbocycles. The highest BCUT2D eigenvalue weighted by atomic mass is 19.1. The molecule has 0 radical (unpaired) electrons. The summed E-state index contributed by atoms with van der Waals surface area (Å²) in [6.07, 6.45) is 6.90. The van der Waals surface area contributed by atoms with E-state index in [0.29, 0.717) is 38.9 Å². The topological polar surface area (TPSA) is 91.0 Å². The van der Waals surface area contributed by atoms with Crippen molar-refractivity contribution in [3.05, 3.63) is 48.0 Å². The molecular weight excluding hydrogens is 461 g/mol. The molecule has 2 heterocycles. The molecule has 4 fully saturated rings. The number of furan rings is 1. The molecule has 3 saturated carbocycles. The van der Waals surface area contributed by atoms with Crippen LogP contribution < -0.4 is 0 Å². The van der Waals surface area contributed by atoms with Crippen molar-refractivity contribution >= 4 is 11.6 Å². The Kier molecular flexibility index (Phi) is 5.04. The van der Waals surface area contributed by atoms with Crippen LogP contribution in [0.4, 0.5) is 4.39 Å². The molecule has 7 heteroatoms. The molecule has 1 aromatic rings. The molecule has 6 nitrogen and oxygen atoms in total. The number of alkyl halides is 1. The first-order valence-electron chi connectivity index (χ1n) is 13.2. The number of fused-ring (bicyclic) bond motifs is 7. The largest absolute Gasteiger partial charge is 0.468 e. The number of carbonyl (C=O) groups excluding carboxylic acids is 2. The summed E-state index contributed by atoms with van der Waals surface area (Å²) >= 11 is 0. The average Bonchev–Trinajstić information content (AvgIpc) is 3.51. The highest BCUT2D eigenvalue weighted by Crippen LogP contribution is 2.79. The van der Waals surface area contributed by atoms with Crippen LogP contribution >= 0.6 is 0 Å². The monoisotopic (exact) mass is 497 g/mol. The smallest absolute Gasteiger partial charge is 0.178 e. The number of likely N-dealkylation sites (tertiary alicyclic amines) is 1. The van der Waals surface area contributed by atoms with Gasteiger partial charge < -0.3 is 14.6 Å². The zero-order valence-corrected chi connectivity index (χ0v) is 21.3. The van der Waals surface area contributed by atoms with Gasteiger partial charge in [-0.05, 0) is 73.6 Å². The minimum atomic E-state index is -1.95. The number of allylic oxidation sites excluding steroid dienone is 4. The zero-order valence-electron chi connectivity index (χ0n) is 21.3. The Morgan fingerprint density at radius 2 is 2.06 bits per heavy atom. The fourth-order valence-electron chi connectivity index (χ4n) is 9.77. The van der Waals surface area contributed by atoms with E-state index in [9.17, 15) is 19.8 Å². The van der Waals surface area contributed by atoms with Crippen molar-refractivity contribution in [2.75, 3.05) is 19.7 Å². The third-order valence-corrected chi connectivity index (χ3v) is 11.6. The van der Waals surface area contributed by atoms with Crippen LogP contribution in [0.5, 0.6) is 0 Å². The molecule has 0 bridgehead atoms. The Labute approximate surface area is 211 Å². The van der Waals surface area contributed by atoms with Gasteiger partial charge in [-0.1, -0.05) is 25.5 Å². The maximum absolute atomic E-state index is 17.6. The van der Waals surface area contributed by atoms with E-state index in [2.05, 4.69) is 18.7 Å². The van der Waals surface area contributed by atoms with Crippen LogP contribution in [0, 0.1) is 33.5 Å². The molecule has 1 aliphatic heterocycles. The first-order chi connectivity index (χ1) is 17.0. The predicted molar refractivity (Wildman–Crippen MR) is 130 cm³/mol. The number of hydrogen-bond donors (Lipinski definition) is 2. The summed E-state index contributed by atoms with van der Waals surface area (Å²) in [5.74, 6) is -0.0503. The van der Waals surface area contributed by atoms with Gasteiger partial charge in [0.05, 0.1) is 24.3 Å². The van der Waals surface area contributed by atoms with Gasteiger partial charge in [0.25, 0.3) is 0 Å². The molecule has 2 N–H and O–H groups in total. The maximum Gasteiger partial charge on any atom is 0.178 e. The van der Waals surface area contributed by atoms with Crippen LogP contribution in [-0.2, 0) is 16.1 Å². The van der Waals surface area contributed by atoms with Crippen molar-refractivity contribution in [1.29, 1.82) is 0 Å². The lowest BCUT2D eigenvalue weighted by Gasteiger charge is -2.67. The van der Waals surface area contributed by atoms with Gasteiger partial charge in [0, 0.05) is 24.4 Å². The van der Waals surface area contributed by atoms with Gasteiger partial charge in [-0.15, -0.1) is 0 Å². The molecule has 1 saturated heterocycles. The van der Waals surface area contributed by atoms with E-state index in [1.54, 1.807) is 18.4 Å². The SMILES string of the molecule is CC12C=CC(=O)C=C1CCC1C3(C)CC4CN(Cc5ccco5)CC4(C(=O)CO)C3(C)CC(O)C12F. The van der Waals surface area contributed by atoms with Crippen molar-refractivity contribution in [2.45, 2.75) is 64.8 Å². The van der Waals surface area contributed by atoms with E-state index < -0.39 is 46.0 Å². The quantitative estimate of drug-likeness (QED) is 0.660. The number of aliphatic hydroxyl groups is 2. The summed E-state index contributed by atoms with van der Waals surface area (Å²) in [6.45, 7) is 7.13. The van der Waals surface area contributed by atoms with Crippen LogP contribution in [0.15, 0.2) is 46.6 Å². The number of hydrogen-bond acceptors (Lipinski definition) is 6. The fourth-order valence-corrected chi connectivity index (χ4v) is 9.77. The van der Waals surface area contributed by atoms with Gasteiger partial charge in [-0.25, -0.2) is 4.39 Å². The van der Waals surface area contributed by atoms with E-state index in [0.717, 1.165) is 11.3 Å². The van der Waals surface area contributed by atoms with E-state index in [-0.39, 0.29) is 23.9 Å². The first kappa shape index (κ1) is 24.3. The van der Waals surface area contributed by atoms with Crippen molar-refractivity contribution in [1.82, 2.24) is 4.90 Å². The molecule has 0 amide bonds. The molecule has 5 aliphatic rings. The van der Waals surface area contributed by atoms with Gasteiger partial charge in [0.15, 0.2) is 17.2 Å². The lowest BCUT2D eigenvalue weighted by Crippen LogP contribution is -2.71. The minimum absolute atomic E-state index is 0.0510. The Morgan fingerprint density at radius 3 is 2.75 bits per heavy atom. The third kappa shape index (κ3) is 2.62. The summed E-state index contributed by atoms with van der Waals surface area (Å²) in [5, 5.41) is 21.9. The van der Waals surface area contributed by atoms with E-state index in [1.165, 1.54) is 6.08 Å². The second-order valence-electron chi connectivity index (χ2n) is 12.6. The lowest BCUT2D eigenvalue weighted by molar-refractivity contribution is -0.237. The number of Topliss-reactive ketones (excluding diaryl/α,β-unsaturated/α-hetero) is 1. The lowest BCUT2D eigenvalue weighted by atomic mass is 9.38. The molecule has 36 heavy (non-hydrogen) atoms. The maximum atomic E-state index is 17.6. The second kappa shape index (κ2) is 7.49. The van der Waals surface area contributed by atoms with Crippen LogP contribution in [0.1, 0.15) is 52.2 Å². The number of halogens is 1. The summed E-state index contributed by atoms with van der Waals surface area (Å²) in [4.78, 5) is 28.0. The van der Waals surface area contributed by atoms with Crippen LogP contribution in [0.3, 0.4) is 0 Å². The summed E-state index contributed by atoms with van der Waals surface area (Å²) in [5.41, 5.74) is -4.39. The van der Waals surface area contributed by atoms with Crippen LogP contribution in [0.25, 0.3) is 0 Å². The summed E-state index contributed by atoms with van der Waals surface area (Å²) < 4.78 is 23.2. The molecule has 4 aliphatic carbocycles. The van der Waals surface area contributed by atoms with Crippen molar-refractivity contribution < 1.29 is 28.6 Å². The fraction of sp³-hybridized carbons (Fsp3) is 0.655. The zero-order chi connectivity index (χ0) is 25.7. The normalized spacial score (nSPS) is 47.7. The molecule has 194 valence electrons. The molecule has 8 unspecified atom stereocenters. The Morgan fingerprint density at radius 1 is 1.28 bits per heavy atom. The van der Waals surface area contributed by atoms with Gasteiger partial charge in [0.2, 0.25) is 0 Å². The minimum Gasteiger partial charge on any atom is -0.468 e. The van der Waals surface area contributed by atoms with Crippen molar-refractivity contribution in [2.24, 2.45) is 33.5 Å². The van der Waals surface area contributed by atoms with Crippen molar-refractivity contribution in [3.63, 3.8) is 0 Å². The Balaban J connectivity index is 1.44. The van der Waals surface area contributed by atoms with E-state index >= 15 is 4.39 Å². The van der Waals surface area contributed by atoms with E-state index in [1.807, 2.05) is 19.1 Å². The van der Waals surface area contributed by atoms with Gasteiger partial charge in [0.1, 0.15) is 12.4 Å². The van der Waals surface area contributed by atoms with Crippen LogP contribution in [-0.4, -0.2) is 58.1 Å². The summed E-state index contributed by atoms with van der Waals surface area (Å²) in [7, 11) is 0. The predicted octanol–water partition coefficient (Wildman–Crippen LogP) is 3.63. The molecule has 8 atom stereocenters. The van der Waals surface area contributed by atoms with E-state index in [4.69, 9.17) is 4.42 Å². The van der Waals surface area contributed by atoms with Gasteiger partial charge >= 0.3 is 0 Å². The Hall–Kier alpha value is -2.09. The highest BCUT2D eigenvalue weighted by Gasteiger charge is 2.81. The second-order valence-corrected chi connectivity index (χ2v) is 12.6. The molecule has 0 spiro atoms. The van der Waals surface area contributed by atoms with Crippen molar-refractivity contribution in [3.8, 4) is 0 Å². The standard InChI is InChI=1S/C29H36FNO5/c1-25-9-8-20(33)11-18(25)6-7-22-26(2)12-19-14-31(15-21-5-4-10-36-21)17-28(19,24(35)16-32)27(26,3)13-23(34)29(22,25)30/h4-5,8-11,19,22-23,32,34H,6-7,12-17H2,1-3H3. The average molecular weight is 498 g/mol. The molecular formula is C29H36FNO5. The van der Waals surface area contributed by atoms with Crippen LogP contribution in [0.2, 0.25) is 0 Å².